The summed E-state index contributed by atoms with van der Waals surface area (Å²) in [6, 6.07) is 15.9. The van der Waals surface area contributed by atoms with Crippen LogP contribution >= 0.6 is 0 Å². The minimum absolute atomic E-state index is 0.0914. The molecule has 0 spiro atoms. The molecular formula is C60H80N4O6. The van der Waals surface area contributed by atoms with Crippen LogP contribution in [0.4, 0.5) is 0 Å². The standard InChI is InChI=1S/C60H80N4O6/c1-7-45(37-9-15-43(16-10-37)69-35-55(67)63-61-41-25-29-57(3)39(33-41)13-19-47-49-21-23-53(65)59(49,5)31-27-51(47)57)46(8-2)38-11-17-44(18-12-38)70-36-56(68)64-62-42-26-30-58(4)40(34-42)14-20-48-50-22-24-54(66)60(50,6)32-28-52(48)58/h9-12,15-18,33-34,47-54,65-66H,7-8,13-14,19-32,35-36H2,1-6H3,(H,63,67)(H,64,68)/b46-45+,61-41+,62-42+. The number of amides is 2. The molecule has 8 aliphatic carbocycles. The van der Waals surface area contributed by atoms with E-state index in [0.29, 0.717) is 47.0 Å². The quantitative estimate of drug-likeness (QED) is 0.123. The lowest BCUT2D eigenvalue weighted by molar-refractivity contribution is -0.123. The van der Waals surface area contributed by atoms with Gasteiger partial charge in [-0.3, -0.25) is 9.59 Å². The summed E-state index contributed by atoms with van der Waals surface area (Å²) in [6.07, 6.45) is 23.2. The summed E-state index contributed by atoms with van der Waals surface area (Å²) < 4.78 is 11.8. The maximum absolute atomic E-state index is 12.9. The van der Waals surface area contributed by atoms with Crippen molar-refractivity contribution in [3.8, 4) is 11.5 Å². The highest BCUT2D eigenvalue weighted by molar-refractivity contribution is 5.98. The number of rotatable bonds is 12. The molecule has 6 fully saturated rings. The first kappa shape index (κ1) is 49.1. The number of carbonyl (C=O) groups is 2. The van der Waals surface area contributed by atoms with E-state index in [1.807, 2.05) is 24.3 Å². The van der Waals surface area contributed by atoms with E-state index in [1.54, 1.807) is 0 Å². The second-order valence-corrected chi connectivity index (χ2v) is 23.8. The number of carbonyl (C=O) groups excluding carboxylic acids is 2. The highest BCUT2D eigenvalue weighted by Gasteiger charge is 2.60. The van der Waals surface area contributed by atoms with Crippen molar-refractivity contribution in [2.75, 3.05) is 13.2 Å². The average Bonchev–Trinajstić information content (AvgIpc) is 3.85. The van der Waals surface area contributed by atoms with Crippen molar-refractivity contribution in [2.24, 2.45) is 67.4 Å². The Hall–Kier alpha value is -4.54. The molecule has 0 bridgehead atoms. The smallest absolute Gasteiger partial charge is 0.277 e. The molecule has 2 amide bonds. The van der Waals surface area contributed by atoms with E-state index >= 15 is 0 Å². The predicted molar refractivity (Wildman–Crippen MR) is 278 cm³/mol. The Morgan fingerprint density at radius 1 is 0.543 bits per heavy atom. The Labute approximate surface area is 417 Å². The van der Waals surface area contributed by atoms with Gasteiger partial charge in [-0.15, -0.1) is 0 Å². The van der Waals surface area contributed by atoms with E-state index in [0.717, 1.165) is 99.6 Å². The number of aliphatic hydroxyl groups is 2. The van der Waals surface area contributed by atoms with Crippen molar-refractivity contribution in [3.05, 3.63) is 83.0 Å². The van der Waals surface area contributed by atoms with Crippen LogP contribution in [-0.2, 0) is 9.59 Å². The zero-order valence-corrected chi connectivity index (χ0v) is 43.0. The van der Waals surface area contributed by atoms with Crippen LogP contribution in [0.25, 0.3) is 11.1 Å². The van der Waals surface area contributed by atoms with Crippen molar-refractivity contribution >= 4 is 34.4 Å². The Kier molecular flexibility index (Phi) is 13.6. The molecule has 10 nitrogen and oxygen atoms in total. The van der Waals surface area contributed by atoms with Crippen LogP contribution < -0.4 is 20.3 Å². The van der Waals surface area contributed by atoms with Crippen LogP contribution in [-0.4, -0.2) is 58.9 Å². The molecule has 6 saturated carbocycles. The number of aliphatic hydroxyl groups excluding tert-OH is 2. The molecule has 10 heteroatoms. The third-order valence-electron chi connectivity index (χ3n) is 20.7. The van der Waals surface area contributed by atoms with Gasteiger partial charge in [-0.2, -0.15) is 10.2 Å². The highest BCUT2D eigenvalue weighted by Crippen LogP contribution is 2.67. The Bertz CT molecular complexity index is 2300. The maximum atomic E-state index is 12.9. The van der Waals surface area contributed by atoms with Gasteiger partial charge in [0, 0.05) is 0 Å². The second-order valence-electron chi connectivity index (χ2n) is 23.8. The number of benzene rings is 2. The normalized spacial score (nSPS) is 37.8. The zero-order chi connectivity index (χ0) is 49.0. The Balaban J connectivity index is 0.690. The van der Waals surface area contributed by atoms with Crippen LogP contribution in [0.3, 0.4) is 0 Å². The van der Waals surface area contributed by atoms with Crippen molar-refractivity contribution in [1.82, 2.24) is 10.9 Å². The summed E-state index contributed by atoms with van der Waals surface area (Å²) in [4.78, 5) is 25.9. The molecule has 0 aromatic heterocycles. The van der Waals surface area contributed by atoms with E-state index < -0.39 is 0 Å². The van der Waals surface area contributed by atoms with Gasteiger partial charge in [0.2, 0.25) is 0 Å². The largest absolute Gasteiger partial charge is 0.484 e. The summed E-state index contributed by atoms with van der Waals surface area (Å²) in [5.74, 6) is 4.70. The van der Waals surface area contributed by atoms with Gasteiger partial charge in [-0.25, -0.2) is 10.9 Å². The average molecular weight is 953 g/mol. The third-order valence-corrected chi connectivity index (χ3v) is 20.7. The molecule has 0 aliphatic heterocycles. The first-order valence-corrected chi connectivity index (χ1v) is 27.3. The predicted octanol–water partition coefficient (Wildman–Crippen LogP) is 11.8. The SMILES string of the molecule is CC/C(=C(/CC)c1ccc(OCC(=O)N/N=C2/C=C3CCC4C(CCC5(C)C(O)CCC45)C3(C)CC2)cc1)c1ccc(OCC(=O)N/N=C2/C=C3CCC4C(CCC5(C)C(O)CCC45)C3(C)CC2)cc1. The lowest BCUT2D eigenvalue weighted by Gasteiger charge is -2.57. The fraction of sp³-hybridized carbons (Fsp3) is 0.633. The van der Waals surface area contributed by atoms with Gasteiger partial charge in [0.05, 0.1) is 23.6 Å². The molecule has 376 valence electrons. The molecule has 12 unspecified atom stereocenters. The monoisotopic (exact) mass is 953 g/mol. The highest BCUT2D eigenvalue weighted by atomic mass is 16.5. The van der Waals surface area contributed by atoms with E-state index in [-0.39, 0.29) is 58.9 Å². The number of hydrazone groups is 2. The molecule has 2 aromatic carbocycles. The molecule has 0 saturated heterocycles. The minimum Gasteiger partial charge on any atom is -0.484 e. The van der Waals surface area contributed by atoms with Crippen LogP contribution in [0.1, 0.15) is 168 Å². The van der Waals surface area contributed by atoms with Gasteiger partial charge in [0.1, 0.15) is 11.5 Å². The zero-order valence-electron chi connectivity index (χ0n) is 43.0. The number of hydrogen-bond donors (Lipinski definition) is 4. The summed E-state index contributed by atoms with van der Waals surface area (Å²) in [5.41, 5.74) is 15.6. The van der Waals surface area contributed by atoms with Gasteiger partial charge < -0.3 is 19.7 Å². The van der Waals surface area contributed by atoms with E-state index in [2.05, 4.69) is 99.0 Å². The van der Waals surface area contributed by atoms with Crippen molar-refractivity contribution < 1.29 is 29.3 Å². The van der Waals surface area contributed by atoms with Crippen LogP contribution in [0.2, 0.25) is 0 Å². The van der Waals surface area contributed by atoms with E-state index in [1.165, 1.54) is 60.8 Å². The van der Waals surface area contributed by atoms with Gasteiger partial charge in [-0.05, 0) is 231 Å². The summed E-state index contributed by atoms with van der Waals surface area (Å²) in [6.45, 7) is 13.7. The molecule has 8 aliphatic rings. The number of allylic oxidation sites excluding steroid dienone is 6. The lowest BCUT2D eigenvalue weighted by Crippen LogP contribution is -2.51. The van der Waals surface area contributed by atoms with Gasteiger partial charge >= 0.3 is 0 Å². The topological polar surface area (TPSA) is 142 Å². The molecule has 10 rings (SSSR count). The second kappa shape index (κ2) is 19.5. The molecule has 0 radical (unpaired) electrons. The maximum Gasteiger partial charge on any atom is 0.277 e. The summed E-state index contributed by atoms with van der Waals surface area (Å²) >= 11 is 0. The Morgan fingerprint density at radius 3 is 1.33 bits per heavy atom. The van der Waals surface area contributed by atoms with Crippen LogP contribution in [0.15, 0.2) is 82.0 Å². The minimum atomic E-state index is -0.274. The molecular weight excluding hydrogens is 873 g/mol. The van der Waals surface area contributed by atoms with Gasteiger partial charge in [0.25, 0.3) is 11.8 Å². The van der Waals surface area contributed by atoms with Crippen molar-refractivity contribution in [2.45, 2.75) is 169 Å². The fourth-order valence-corrected chi connectivity index (χ4v) is 16.6. The van der Waals surface area contributed by atoms with E-state index in [9.17, 15) is 19.8 Å². The van der Waals surface area contributed by atoms with Crippen molar-refractivity contribution in [3.63, 3.8) is 0 Å². The van der Waals surface area contributed by atoms with Crippen LogP contribution in [0, 0.1) is 57.2 Å². The first-order chi connectivity index (χ1) is 33.7. The van der Waals surface area contributed by atoms with Gasteiger partial charge in [0.15, 0.2) is 13.2 Å². The molecule has 2 aromatic rings. The fourth-order valence-electron chi connectivity index (χ4n) is 16.6. The summed E-state index contributed by atoms with van der Waals surface area (Å²) in [7, 11) is 0. The number of hydrogen-bond acceptors (Lipinski definition) is 8. The molecule has 0 heterocycles. The van der Waals surface area contributed by atoms with Crippen molar-refractivity contribution in [1.29, 1.82) is 0 Å². The lowest BCUT2D eigenvalue weighted by atomic mass is 9.47. The van der Waals surface area contributed by atoms with Gasteiger partial charge in [-0.1, -0.05) is 77.0 Å². The molecule has 4 N–H and O–H groups in total. The third kappa shape index (κ3) is 8.83. The molecule has 70 heavy (non-hydrogen) atoms. The first-order valence-electron chi connectivity index (χ1n) is 27.3. The van der Waals surface area contributed by atoms with Crippen LogP contribution in [0.5, 0.6) is 11.5 Å². The number of nitrogens with zero attached hydrogens (tertiary/aromatic N) is 2. The van der Waals surface area contributed by atoms with E-state index in [4.69, 9.17) is 9.47 Å². The Morgan fingerprint density at radius 2 is 0.943 bits per heavy atom. The number of fused-ring (bicyclic) bond motifs is 10. The number of nitrogens with one attached hydrogen (secondary N) is 2. The molecule has 12 atom stereocenters. The summed E-state index contributed by atoms with van der Waals surface area (Å²) in [5, 5.41) is 30.8. The number of ether oxygens (including phenoxy) is 2.